The first-order valence-corrected chi connectivity index (χ1v) is 6.81. The smallest absolute Gasteiger partial charge is 0.337 e. The summed E-state index contributed by atoms with van der Waals surface area (Å²) in [7, 11) is 0. The first-order chi connectivity index (χ1) is 9.35. The second kappa shape index (κ2) is 7.14. The van der Waals surface area contributed by atoms with E-state index in [9.17, 15) is 9.59 Å². The molecule has 1 aromatic carbocycles. The molecule has 0 saturated carbocycles. The Kier molecular flexibility index (Phi) is 5.82. The van der Waals surface area contributed by atoms with Crippen molar-refractivity contribution in [2.24, 2.45) is 5.92 Å². The maximum Gasteiger partial charge on any atom is 0.337 e. The fourth-order valence-corrected chi connectivity index (χ4v) is 1.96. The Morgan fingerprint density at radius 1 is 1.40 bits per heavy atom. The summed E-state index contributed by atoms with van der Waals surface area (Å²) in [6, 6.07) is 4.14. The molecule has 0 bridgehead atoms. The molecular weight excluding hydrogens is 280 g/mol. The third-order valence-electron chi connectivity index (χ3n) is 2.70. The van der Waals surface area contributed by atoms with Crippen LogP contribution in [-0.4, -0.2) is 35.1 Å². The number of carboxylic acid groups (broad SMARTS) is 1. The van der Waals surface area contributed by atoms with Crippen LogP contribution in [0.25, 0.3) is 0 Å². The van der Waals surface area contributed by atoms with E-state index in [0.717, 1.165) is 0 Å². The maximum atomic E-state index is 12.1. The van der Waals surface area contributed by atoms with Crippen LogP contribution in [0.2, 0.25) is 5.02 Å². The van der Waals surface area contributed by atoms with Gasteiger partial charge in [0.05, 0.1) is 10.6 Å². The Hall–Kier alpha value is -1.75. The average molecular weight is 299 g/mol. The first-order valence-electron chi connectivity index (χ1n) is 6.43. The molecule has 0 saturated heterocycles. The molecule has 0 aliphatic carbocycles. The molecule has 0 aliphatic heterocycles. The van der Waals surface area contributed by atoms with Gasteiger partial charge >= 0.3 is 12.0 Å². The highest BCUT2D eigenvalue weighted by Crippen LogP contribution is 2.21. The van der Waals surface area contributed by atoms with Gasteiger partial charge in [0.1, 0.15) is 0 Å². The van der Waals surface area contributed by atoms with Crippen molar-refractivity contribution in [2.75, 3.05) is 18.4 Å². The highest BCUT2D eigenvalue weighted by atomic mass is 35.5. The van der Waals surface area contributed by atoms with Crippen LogP contribution in [0.4, 0.5) is 10.5 Å². The van der Waals surface area contributed by atoms with Crippen LogP contribution in [0.15, 0.2) is 18.2 Å². The third-order valence-corrected chi connectivity index (χ3v) is 3.03. The molecular formula is C14H19ClN2O3. The lowest BCUT2D eigenvalue weighted by Gasteiger charge is -2.23. The van der Waals surface area contributed by atoms with E-state index in [2.05, 4.69) is 5.32 Å². The zero-order chi connectivity index (χ0) is 15.3. The van der Waals surface area contributed by atoms with Crippen molar-refractivity contribution in [3.63, 3.8) is 0 Å². The molecule has 0 fully saturated rings. The van der Waals surface area contributed by atoms with E-state index in [1.807, 2.05) is 20.8 Å². The van der Waals surface area contributed by atoms with Crippen molar-refractivity contribution in [2.45, 2.75) is 20.8 Å². The topological polar surface area (TPSA) is 69.6 Å². The number of urea groups is 1. The van der Waals surface area contributed by atoms with Crippen LogP contribution < -0.4 is 5.32 Å². The fourth-order valence-electron chi connectivity index (χ4n) is 1.77. The molecule has 0 atom stereocenters. The predicted molar refractivity (Wildman–Crippen MR) is 79.5 cm³/mol. The number of aromatic carboxylic acids is 1. The van der Waals surface area contributed by atoms with Crippen molar-refractivity contribution in [3.8, 4) is 0 Å². The molecule has 0 heterocycles. The van der Waals surface area contributed by atoms with Crippen LogP contribution in [0, 0.1) is 5.92 Å². The quantitative estimate of drug-likeness (QED) is 0.873. The van der Waals surface area contributed by atoms with Gasteiger partial charge in [-0.05, 0) is 31.0 Å². The second-order valence-electron chi connectivity index (χ2n) is 4.86. The largest absolute Gasteiger partial charge is 0.478 e. The summed E-state index contributed by atoms with van der Waals surface area (Å²) >= 11 is 5.78. The molecule has 1 rings (SSSR count). The number of benzene rings is 1. The van der Waals surface area contributed by atoms with Gasteiger partial charge in [-0.25, -0.2) is 9.59 Å². The minimum atomic E-state index is -1.12. The number of carbonyl (C=O) groups excluding carboxylic acids is 1. The fraction of sp³-hybridized carbons (Fsp3) is 0.429. The van der Waals surface area contributed by atoms with Gasteiger partial charge in [0, 0.05) is 18.8 Å². The highest BCUT2D eigenvalue weighted by Gasteiger charge is 2.15. The number of halogens is 1. The van der Waals surface area contributed by atoms with E-state index >= 15 is 0 Å². The number of carboxylic acids is 1. The van der Waals surface area contributed by atoms with E-state index in [0.29, 0.717) is 24.7 Å². The molecule has 0 spiro atoms. The lowest BCUT2D eigenvalue weighted by atomic mass is 10.2. The number of nitrogens with zero attached hydrogens (tertiary/aromatic N) is 1. The number of rotatable bonds is 5. The molecule has 6 heteroatoms. The number of hydrogen-bond acceptors (Lipinski definition) is 2. The van der Waals surface area contributed by atoms with Gasteiger partial charge in [0.25, 0.3) is 0 Å². The zero-order valence-corrected chi connectivity index (χ0v) is 12.6. The van der Waals surface area contributed by atoms with Crippen LogP contribution in [0.5, 0.6) is 0 Å². The molecule has 0 radical (unpaired) electrons. The number of carbonyl (C=O) groups is 2. The standard InChI is InChI=1S/C14H19ClN2O3/c1-4-17(8-9(2)3)14(20)16-10-5-6-12(15)11(7-10)13(18)19/h5-7,9H,4,8H2,1-3H3,(H,16,20)(H,18,19). The van der Waals surface area contributed by atoms with Gasteiger partial charge in [-0.15, -0.1) is 0 Å². The Bertz CT molecular complexity index is 503. The van der Waals surface area contributed by atoms with Crippen LogP contribution in [0.3, 0.4) is 0 Å². The normalized spacial score (nSPS) is 10.4. The average Bonchev–Trinajstić information content (AvgIpc) is 2.37. The van der Waals surface area contributed by atoms with Gasteiger partial charge < -0.3 is 15.3 Å². The van der Waals surface area contributed by atoms with E-state index in [4.69, 9.17) is 16.7 Å². The Balaban J connectivity index is 2.84. The summed E-state index contributed by atoms with van der Waals surface area (Å²) in [6.45, 7) is 7.18. The molecule has 2 amide bonds. The molecule has 1 aromatic rings. The predicted octanol–water partition coefficient (Wildman–Crippen LogP) is 3.55. The minimum Gasteiger partial charge on any atom is -0.478 e. The summed E-state index contributed by atoms with van der Waals surface area (Å²) in [4.78, 5) is 24.7. The monoisotopic (exact) mass is 298 g/mol. The van der Waals surface area contributed by atoms with Crippen LogP contribution >= 0.6 is 11.6 Å². The molecule has 110 valence electrons. The first kappa shape index (κ1) is 16.3. The van der Waals surface area contributed by atoms with Crippen molar-refractivity contribution in [1.82, 2.24) is 4.90 Å². The number of nitrogens with one attached hydrogen (secondary N) is 1. The Labute approximate surface area is 123 Å². The number of amides is 2. The maximum absolute atomic E-state index is 12.1. The molecule has 0 aliphatic rings. The van der Waals surface area contributed by atoms with E-state index < -0.39 is 5.97 Å². The minimum absolute atomic E-state index is 0.0311. The molecule has 2 N–H and O–H groups in total. The van der Waals surface area contributed by atoms with E-state index in [-0.39, 0.29) is 16.6 Å². The summed E-state index contributed by atoms with van der Waals surface area (Å²) in [5.74, 6) is -0.763. The number of hydrogen-bond donors (Lipinski definition) is 2. The molecule has 0 unspecified atom stereocenters. The van der Waals surface area contributed by atoms with Gasteiger partial charge in [-0.1, -0.05) is 25.4 Å². The summed E-state index contributed by atoms with van der Waals surface area (Å²) in [5, 5.41) is 11.8. The van der Waals surface area contributed by atoms with Crippen LogP contribution in [0.1, 0.15) is 31.1 Å². The Morgan fingerprint density at radius 3 is 2.55 bits per heavy atom. The summed E-state index contributed by atoms with van der Waals surface area (Å²) in [5.41, 5.74) is 0.385. The van der Waals surface area contributed by atoms with Gasteiger partial charge in [0.2, 0.25) is 0 Å². The molecule has 0 aromatic heterocycles. The lowest BCUT2D eigenvalue weighted by Crippen LogP contribution is -2.37. The molecule has 5 nitrogen and oxygen atoms in total. The number of anilines is 1. The molecule has 20 heavy (non-hydrogen) atoms. The van der Waals surface area contributed by atoms with Gasteiger partial charge in [-0.3, -0.25) is 0 Å². The lowest BCUT2D eigenvalue weighted by molar-refractivity contribution is 0.0697. The highest BCUT2D eigenvalue weighted by molar-refractivity contribution is 6.33. The van der Waals surface area contributed by atoms with Crippen molar-refractivity contribution >= 4 is 29.3 Å². The van der Waals surface area contributed by atoms with Gasteiger partial charge in [-0.2, -0.15) is 0 Å². The van der Waals surface area contributed by atoms with E-state index in [1.165, 1.54) is 12.1 Å². The second-order valence-corrected chi connectivity index (χ2v) is 5.27. The Morgan fingerprint density at radius 2 is 2.05 bits per heavy atom. The van der Waals surface area contributed by atoms with Crippen molar-refractivity contribution in [3.05, 3.63) is 28.8 Å². The van der Waals surface area contributed by atoms with Crippen LogP contribution in [-0.2, 0) is 0 Å². The van der Waals surface area contributed by atoms with Crippen molar-refractivity contribution < 1.29 is 14.7 Å². The van der Waals surface area contributed by atoms with Gasteiger partial charge in [0.15, 0.2) is 0 Å². The van der Waals surface area contributed by atoms with Crippen molar-refractivity contribution in [1.29, 1.82) is 0 Å². The zero-order valence-electron chi connectivity index (χ0n) is 11.8. The third kappa shape index (κ3) is 4.42. The SMILES string of the molecule is CCN(CC(C)C)C(=O)Nc1ccc(Cl)c(C(=O)O)c1. The van der Waals surface area contributed by atoms with E-state index in [1.54, 1.807) is 11.0 Å². The summed E-state index contributed by atoms with van der Waals surface area (Å²) < 4.78 is 0. The summed E-state index contributed by atoms with van der Waals surface area (Å²) in [6.07, 6.45) is 0.